The minimum atomic E-state index is -0.904. The Balaban J connectivity index is 1.91. The van der Waals surface area contributed by atoms with Gasteiger partial charge in [0.2, 0.25) is 0 Å². The predicted octanol–water partition coefficient (Wildman–Crippen LogP) is 5.40. The van der Waals surface area contributed by atoms with Gasteiger partial charge in [0.1, 0.15) is 11.4 Å². The molecule has 1 heterocycles. The molecule has 0 aliphatic carbocycles. The maximum Gasteiger partial charge on any atom is 0.141 e. The highest BCUT2D eigenvalue weighted by atomic mass is 16.3. The summed E-state index contributed by atoms with van der Waals surface area (Å²) in [4.78, 5) is 4.65. The maximum absolute atomic E-state index is 10.4. The average molecular weight is 316 g/mol. The van der Waals surface area contributed by atoms with Crippen molar-refractivity contribution in [2.24, 2.45) is 0 Å². The number of unbranched alkanes of at least 4 members (excludes halogenated alkanes) is 7. The van der Waals surface area contributed by atoms with E-state index in [-0.39, 0.29) is 0 Å². The Morgan fingerprint density at radius 1 is 0.957 bits per heavy atom. The summed E-state index contributed by atoms with van der Waals surface area (Å²) in [5.74, 6) is 0.779. The van der Waals surface area contributed by atoms with E-state index < -0.39 is 5.60 Å². The molecule has 3 nitrogen and oxygen atoms in total. The van der Waals surface area contributed by atoms with Crippen molar-refractivity contribution in [2.75, 3.05) is 0 Å². The highest BCUT2D eigenvalue weighted by molar-refractivity contribution is 5.76. The van der Waals surface area contributed by atoms with Gasteiger partial charge >= 0.3 is 0 Å². The lowest BCUT2D eigenvalue weighted by molar-refractivity contribution is 0.0651. The lowest BCUT2D eigenvalue weighted by Gasteiger charge is -2.19. The summed E-state index contributed by atoms with van der Waals surface area (Å²) >= 11 is 0. The van der Waals surface area contributed by atoms with E-state index in [1.54, 1.807) is 0 Å². The number of aliphatic hydroxyl groups is 1. The molecule has 0 saturated carbocycles. The standard InChI is InChI=1S/C20H32N2O/c1-4-5-6-7-8-9-10-13-16-22-18-15-12-11-14-17(18)21-19(22)20(2,3)23/h11-12,14-15,23H,4-10,13,16H2,1-3H3. The lowest BCUT2D eigenvalue weighted by Crippen LogP contribution is -2.22. The zero-order chi connectivity index (χ0) is 16.7. The molecule has 0 atom stereocenters. The highest BCUT2D eigenvalue weighted by Gasteiger charge is 2.24. The molecule has 2 rings (SSSR count). The summed E-state index contributed by atoms with van der Waals surface area (Å²) in [6.45, 7) is 6.83. The van der Waals surface area contributed by atoms with Crippen molar-refractivity contribution in [2.45, 2.75) is 84.3 Å². The number of rotatable bonds is 10. The van der Waals surface area contributed by atoms with Crippen molar-refractivity contribution in [3.63, 3.8) is 0 Å². The summed E-state index contributed by atoms with van der Waals surface area (Å²) in [6, 6.07) is 8.17. The predicted molar refractivity (Wildman–Crippen MR) is 97.6 cm³/mol. The number of hydrogen-bond acceptors (Lipinski definition) is 2. The number of aryl methyl sites for hydroxylation is 1. The summed E-state index contributed by atoms with van der Waals surface area (Å²) in [7, 11) is 0. The van der Waals surface area contributed by atoms with Gasteiger partial charge in [-0.15, -0.1) is 0 Å². The monoisotopic (exact) mass is 316 g/mol. The first-order valence-corrected chi connectivity index (χ1v) is 9.22. The van der Waals surface area contributed by atoms with Crippen LogP contribution in [0.25, 0.3) is 11.0 Å². The van der Waals surface area contributed by atoms with Crippen LogP contribution < -0.4 is 0 Å². The van der Waals surface area contributed by atoms with Crippen LogP contribution in [0.1, 0.15) is 78.0 Å². The molecule has 2 aromatic rings. The van der Waals surface area contributed by atoms with E-state index in [4.69, 9.17) is 0 Å². The minimum absolute atomic E-state index is 0.779. The van der Waals surface area contributed by atoms with Crippen LogP contribution in [0.2, 0.25) is 0 Å². The van der Waals surface area contributed by atoms with Crippen LogP contribution in [0.15, 0.2) is 24.3 Å². The van der Waals surface area contributed by atoms with E-state index in [1.807, 2.05) is 32.0 Å². The van der Waals surface area contributed by atoms with Crippen LogP contribution >= 0.6 is 0 Å². The summed E-state index contributed by atoms with van der Waals surface area (Å²) in [5, 5.41) is 10.4. The molecular formula is C20H32N2O. The summed E-state index contributed by atoms with van der Waals surface area (Å²) in [6.07, 6.45) is 10.5. The molecule has 0 fully saturated rings. The van der Waals surface area contributed by atoms with E-state index >= 15 is 0 Å². The Kier molecular flexibility index (Phi) is 6.64. The molecule has 0 amide bonds. The molecular weight excluding hydrogens is 284 g/mol. The molecule has 1 aromatic heterocycles. The Hall–Kier alpha value is -1.35. The van der Waals surface area contributed by atoms with Gasteiger partial charge in [-0.3, -0.25) is 0 Å². The summed E-state index contributed by atoms with van der Waals surface area (Å²) < 4.78 is 2.20. The van der Waals surface area contributed by atoms with E-state index in [0.717, 1.165) is 29.8 Å². The first-order valence-electron chi connectivity index (χ1n) is 9.22. The quantitative estimate of drug-likeness (QED) is 0.596. The van der Waals surface area contributed by atoms with Gasteiger partial charge in [0.15, 0.2) is 0 Å². The van der Waals surface area contributed by atoms with E-state index in [2.05, 4.69) is 22.5 Å². The molecule has 0 spiro atoms. The van der Waals surface area contributed by atoms with Crippen molar-refractivity contribution in [1.29, 1.82) is 0 Å². The number of nitrogens with zero attached hydrogens (tertiary/aromatic N) is 2. The number of benzene rings is 1. The number of para-hydroxylation sites is 2. The molecule has 23 heavy (non-hydrogen) atoms. The van der Waals surface area contributed by atoms with Crippen molar-refractivity contribution in [1.82, 2.24) is 9.55 Å². The van der Waals surface area contributed by atoms with Crippen molar-refractivity contribution in [3.8, 4) is 0 Å². The molecule has 128 valence electrons. The third kappa shape index (κ3) is 5.07. The molecule has 0 aliphatic rings. The zero-order valence-electron chi connectivity index (χ0n) is 15.0. The fourth-order valence-corrected chi connectivity index (χ4v) is 3.17. The molecule has 0 bridgehead atoms. The van der Waals surface area contributed by atoms with Gasteiger partial charge in [0, 0.05) is 6.54 Å². The van der Waals surface area contributed by atoms with Crippen molar-refractivity contribution in [3.05, 3.63) is 30.1 Å². The molecule has 1 aromatic carbocycles. The Labute approximate surface area is 140 Å². The molecule has 1 N–H and O–H groups in total. The van der Waals surface area contributed by atoms with Gasteiger partial charge in [-0.1, -0.05) is 64.0 Å². The van der Waals surface area contributed by atoms with E-state index in [1.165, 1.54) is 44.9 Å². The highest BCUT2D eigenvalue weighted by Crippen LogP contribution is 2.25. The van der Waals surface area contributed by atoms with Gasteiger partial charge in [-0.25, -0.2) is 4.98 Å². The Morgan fingerprint density at radius 3 is 2.22 bits per heavy atom. The third-order valence-corrected chi connectivity index (χ3v) is 4.44. The third-order valence-electron chi connectivity index (χ3n) is 4.44. The van der Waals surface area contributed by atoms with Crippen molar-refractivity contribution >= 4 is 11.0 Å². The van der Waals surface area contributed by atoms with Crippen LogP contribution in [-0.2, 0) is 12.1 Å². The zero-order valence-corrected chi connectivity index (χ0v) is 15.0. The molecule has 0 unspecified atom stereocenters. The normalized spacial score (nSPS) is 12.2. The van der Waals surface area contributed by atoms with Crippen LogP contribution in [-0.4, -0.2) is 14.7 Å². The van der Waals surface area contributed by atoms with Gasteiger partial charge in [-0.2, -0.15) is 0 Å². The topological polar surface area (TPSA) is 38.0 Å². The van der Waals surface area contributed by atoms with E-state index in [9.17, 15) is 5.11 Å². The number of hydrogen-bond donors (Lipinski definition) is 1. The van der Waals surface area contributed by atoms with E-state index in [0.29, 0.717) is 0 Å². The number of imidazole rings is 1. The first kappa shape index (κ1) is 18.0. The van der Waals surface area contributed by atoms with Crippen LogP contribution in [0, 0.1) is 0 Å². The fourth-order valence-electron chi connectivity index (χ4n) is 3.17. The molecule has 0 radical (unpaired) electrons. The average Bonchev–Trinajstić information content (AvgIpc) is 2.89. The largest absolute Gasteiger partial charge is 0.383 e. The van der Waals surface area contributed by atoms with Gasteiger partial charge in [0.25, 0.3) is 0 Å². The number of aromatic nitrogens is 2. The molecule has 0 aliphatic heterocycles. The Morgan fingerprint density at radius 2 is 1.57 bits per heavy atom. The SMILES string of the molecule is CCCCCCCCCCn1c(C(C)(C)O)nc2ccccc21. The van der Waals surface area contributed by atoms with Crippen molar-refractivity contribution < 1.29 is 5.11 Å². The first-order chi connectivity index (χ1) is 11.0. The fraction of sp³-hybridized carbons (Fsp3) is 0.650. The minimum Gasteiger partial charge on any atom is -0.383 e. The second-order valence-electron chi connectivity index (χ2n) is 7.11. The number of fused-ring (bicyclic) bond motifs is 1. The molecule has 3 heteroatoms. The summed E-state index contributed by atoms with van der Waals surface area (Å²) in [5.41, 5.74) is 1.20. The lowest BCUT2D eigenvalue weighted by atomic mass is 10.1. The van der Waals surface area contributed by atoms with Crippen LogP contribution in [0.3, 0.4) is 0 Å². The maximum atomic E-state index is 10.4. The second kappa shape index (κ2) is 8.49. The Bertz CT molecular complexity index is 595. The van der Waals surface area contributed by atoms with Gasteiger partial charge in [-0.05, 0) is 32.4 Å². The van der Waals surface area contributed by atoms with Crippen LogP contribution in [0.4, 0.5) is 0 Å². The van der Waals surface area contributed by atoms with Gasteiger partial charge < -0.3 is 9.67 Å². The second-order valence-corrected chi connectivity index (χ2v) is 7.11. The molecule has 0 saturated heterocycles. The van der Waals surface area contributed by atoms with Crippen LogP contribution in [0.5, 0.6) is 0 Å². The van der Waals surface area contributed by atoms with Gasteiger partial charge in [0.05, 0.1) is 11.0 Å². The smallest absolute Gasteiger partial charge is 0.141 e.